The predicted octanol–water partition coefficient (Wildman–Crippen LogP) is 1.44. The van der Waals surface area contributed by atoms with Gasteiger partial charge in [0.05, 0.1) is 6.10 Å². The summed E-state index contributed by atoms with van der Waals surface area (Å²) in [5, 5.41) is 17.3. The summed E-state index contributed by atoms with van der Waals surface area (Å²) in [7, 11) is 0. The van der Waals surface area contributed by atoms with E-state index in [1.165, 1.54) is 18.4 Å². The Labute approximate surface area is 106 Å². The Hall–Kier alpha value is -0.420. The van der Waals surface area contributed by atoms with E-state index in [1.54, 1.807) is 11.3 Å². The Kier molecular flexibility index (Phi) is 3.47. The summed E-state index contributed by atoms with van der Waals surface area (Å²) in [4.78, 5) is 2.58. The normalized spacial score (nSPS) is 29.1. The summed E-state index contributed by atoms with van der Waals surface area (Å²) in [5.74, 6) is 0. The van der Waals surface area contributed by atoms with Crippen molar-refractivity contribution in [3.8, 4) is 0 Å². The van der Waals surface area contributed by atoms with Crippen molar-refractivity contribution in [2.45, 2.75) is 44.0 Å². The lowest BCUT2D eigenvalue weighted by Gasteiger charge is -2.25. The molecule has 3 nitrogen and oxygen atoms in total. The number of β-amino-alcohol motifs (C(OH)–C–C–N with tert-alkyl or cyclic N) is 1. The standard InChI is InChI=1S/C13H20N2OS/c16-13-5-11(14-6-13)8-15(12-1-2-12)7-10-3-4-17-9-10/h3-4,9,11-14,16H,1-2,5-8H2. The van der Waals surface area contributed by atoms with Crippen molar-refractivity contribution in [1.29, 1.82) is 0 Å². The van der Waals surface area contributed by atoms with Gasteiger partial charge in [0.2, 0.25) is 0 Å². The van der Waals surface area contributed by atoms with Crippen molar-refractivity contribution in [2.75, 3.05) is 13.1 Å². The van der Waals surface area contributed by atoms with Gasteiger partial charge in [-0.25, -0.2) is 0 Å². The molecule has 17 heavy (non-hydrogen) atoms. The molecule has 0 aromatic carbocycles. The molecule has 2 unspecified atom stereocenters. The predicted molar refractivity (Wildman–Crippen MR) is 70.2 cm³/mol. The average Bonchev–Trinajstić information content (AvgIpc) is 2.89. The van der Waals surface area contributed by atoms with Crippen LogP contribution in [0.2, 0.25) is 0 Å². The first-order chi connectivity index (χ1) is 8.31. The number of nitrogens with zero attached hydrogens (tertiary/aromatic N) is 1. The molecule has 1 aromatic rings. The molecular formula is C13H20N2OS. The lowest BCUT2D eigenvalue weighted by atomic mass is 10.2. The zero-order chi connectivity index (χ0) is 11.7. The molecule has 2 atom stereocenters. The second kappa shape index (κ2) is 5.06. The molecule has 1 aliphatic carbocycles. The SMILES string of the molecule is OC1CNC(CN(Cc2ccsc2)C2CC2)C1. The maximum atomic E-state index is 9.54. The number of aliphatic hydroxyl groups is 1. The Morgan fingerprint density at radius 2 is 2.35 bits per heavy atom. The van der Waals surface area contributed by atoms with Gasteiger partial charge in [0, 0.05) is 31.7 Å². The summed E-state index contributed by atoms with van der Waals surface area (Å²) >= 11 is 1.77. The highest BCUT2D eigenvalue weighted by molar-refractivity contribution is 7.07. The molecule has 2 heterocycles. The van der Waals surface area contributed by atoms with E-state index in [9.17, 15) is 5.11 Å². The molecule has 1 saturated carbocycles. The van der Waals surface area contributed by atoms with Crippen LogP contribution < -0.4 is 5.32 Å². The van der Waals surface area contributed by atoms with Crippen LogP contribution in [0, 0.1) is 0 Å². The molecule has 2 fully saturated rings. The van der Waals surface area contributed by atoms with Gasteiger partial charge >= 0.3 is 0 Å². The molecule has 0 spiro atoms. The third-order valence-electron chi connectivity index (χ3n) is 3.68. The minimum Gasteiger partial charge on any atom is -0.392 e. The van der Waals surface area contributed by atoms with Crippen LogP contribution in [-0.4, -0.2) is 41.3 Å². The van der Waals surface area contributed by atoms with E-state index >= 15 is 0 Å². The second-order valence-corrected chi connectivity index (χ2v) is 6.07. The zero-order valence-electron chi connectivity index (χ0n) is 10.0. The van der Waals surface area contributed by atoms with E-state index in [2.05, 4.69) is 27.0 Å². The van der Waals surface area contributed by atoms with E-state index in [-0.39, 0.29) is 6.10 Å². The van der Waals surface area contributed by atoms with Crippen LogP contribution in [0.3, 0.4) is 0 Å². The van der Waals surface area contributed by atoms with Crippen LogP contribution in [0.1, 0.15) is 24.8 Å². The highest BCUT2D eigenvalue weighted by atomic mass is 32.1. The van der Waals surface area contributed by atoms with E-state index in [0.717, 1.165) is 32.1 Å². The Bertz CT molecular complexity index is 350. The summed E-state index contributed by atoms with van der Waals surface area (Å²) in [6.45, 7) is 2.92. The van der Waals surface area contributed by atoms with Crippen molar-refractivity contribution in [2.24, 2.45) is 0 Å². The van der Waals surface area contributed by atoms with Crippen molar-refractivity contribution < 1.29 is 5.11 Å². The van der Waals surface area contributed by atoms with E-state index in [1.807, 2.05) is 0 Å². The number of thiophene rings is 1. The Balaban J connectivity index is 1.56. The highest BCUT2D eigenvalue weighted by Gasteiger charge is 2.32. The van der Waals surface area contributed by atoms with Gasteiger partial charge in [-0.05, 0) is 41.7 Å². The summed E-state index contributed by atoms with van der Waals surface area (Å²) in [6.07, 6.45) is 3.47. The first-order valence-corrected chi connectivity index (χ1v) is 7.42. The number of nitrogens with one attached hydrogen (secondary N) is 1. The fraction of sp³-hybridized carbons (Fsp3) is 0.692. The maximum Gasteiger partial charge on any atom is 0.0680 e. The molecule has 1 aromatic heterocycles. The molecular weight excluding hydrogens is 232 g/mol. The van der Waals surface area contributed by atoms with Gasteiger partial charge in [-0.2, -0.15) is 11.3 Å². The van der Waals surface area contributed by atoms with Crippen molar-refractivity contribution in [1.82, 2.24) is 10.2 Å². The molecule has 3 rings (SSSR count). The minimum atomic E-state index is -0.137. The van der Waals surface area contributed by atoms with E-state index in [0.29, 0.717) is 6.04 Å². The zero-order valence-corrected chi connectivity index (χ0v) is 10.8. The van der Waals surface area contributed by atoms with Crippen LogP contribution >= 0.6 is 11.3 Å². The summed E-state index contributed by atoms with van der Waals surface area (Å²) in [5.41, 5.74) is 1.43. The van der Waals surface area contributed by atoms with Gasteiger partial charge in [0.15, 0.2) is 0 Å². The monoisotopic (exact) mass is 252 g/mol. The molecule has 94 valence electrons. The average molecular weight is 252 g/mol. The lowest BCUT2D eigenvalue weighted by molar-refractivity contribution is 0.184. The molecule has 0 amide bonds. The van der Waals surface area contributed by atoms with E-state index in [4.69, 9.17) is 0 Å². The van der Waals surface area contributed by atoms with Gasteiger partial charge < -0.3 is 10.4 Å². The first-order valence-electron chi connectivity index (χ1n) is 6.48. The Morgan fingerprint density at radius 1 is 1.47 bits per heavy atom. The van der Waals surface area contributed by atoms with Gasteiger partial charge in [-0.3, -0.25) is 4.90 Å². The lowest BCUT2D eigenvalue weighted by Crippen LogP contribution is -2.38. The number of hydrogen-bond acceptors (Lipinski definition) is 4. The molecule has 1 saturated heterocycles. The highest BCUT2D eigenvalue weighted by Crippen LogP contribution is 2.29. The van der Waals surface area contributed by atoms with E-state index < -0.39 is 0 Å². The molecule has 2 N–H and O–H groups in total. The molecule has 4 heteroatoms. The topological polar surface area (TPSA) is 35.5 Å². The summed E-state index contributed by atoms with van der Waals surface area (Å²) < 4.78 is 0. The fourth-order valence-corrected chi connectivity index (χ4v) is 3.28. The van der Waals surface area contributed by atoms with Crippen LogP contribution in [0.5, 0.6) is 0 Å². The third kappa shape index (κ3) is 3.07. The van der Waals surface area contributed by atoms with Crippen molar-refractivity contribution in [3.63, 3.8) is 0 Å². The number of hydrogen-bond donors (Lipinski definition) is 2. The van der Waals surface area contributed by atoms with Gasteiger partial charge in [0.25, 0.3) is 0 Å². The first kappa shape index (κ1) is 11.7. The molecule has 1 aliphatic heterocycles. The smallest absolute Gasteiger partial charge is 0.0680 e. The third-order valence-corrected chi connectivity index (χ3v) is 4.41. The number of aliphatic hydroxyl groups excluding tert-OH is 1. The van der Waals surface area contributed by atoms with Gasteiger partial charge in [0.1, 0.15) is 0 Å². The van der Waals surface area contributed by atoms with Crippen LogP contribution in [0.25, 0.3) is 0 Å². The quantitative estimate of drug-likeness (QED) is 0.832. The van der Waals surface area contributed by atoms with Crippen molar-refractivity contribution in [3.05, 3.63) is 22.4 Å². The van der Waals surface area contributed by atoms with Crippen LogP contribution in [0.4, 0.5) is 0 Å². The largest absolute Gasteiger partial charge is 0.392 e. The van der Waals surface area contributed by atoms with Gasteiger partial charge in [-0.15, -0.1) is 0 Å². The number of rotatable bonds is 5. The Morgan fingerprint density at radius 3 is 2.94 bits per heavy atom. The minimum absolute atomic E-state index is 0.137. The maximum absolute atomic E-state index is 9.54. The molecule has 0 radical (unpaired) electrons. The van der Waals surface area contributed by atoms with Gasteiger partial charge in [-0.1, -0.05) is 0 Å². The summed E-state index contributed by atoms with van der Waals surface area (Å²) in [6, 6.07) is 3.48. The molecule has 0 bridgehead atoms. The second-order valence-electron chi connectivity index (χ2n) is 5.29. The fourth-order valence-electron chi connectivity index (χ4n) is 2.62. The van der Waals surface area contributed by atoms with Crippen LogP contribution in [0.15, 0.2) is 16.8 Å². The molecule has 2 aliphatic rings. The van der Waals surface area contributed by atoms with Crippen molar-refractivity contribution >= 4 is 11.3 Å². The van der Waals surface area contributed by atoms with Crippen LogP contribution in [-0.2, 0) is 6.54 Å².